The van der Waals surface area contributed by atoms with E-state index in [0.29, 0.717) is 16.8 Å². The van der Waals surface area contributed by atoms with Crippen molar-refractivity contribution in [2.24, 2.45) is 5.73 Å². The minimum Gasteiger partial charge on any atom is -0.480 e. The lowest BCUT2D eigenvalue weighted by Gasteiger charge is -2.25. The number of carboxylic acid groups (broad SMARTS) is 1. The summed E-state index contributed by atoms with van der Waals surface area (Å²) in [6.07, 6.45) is -4.93. The number of hydrogen-bond acceptors (Lipinski definition) is 11. The molecule has 8 N–H and O–H groups in total. The number of aromatic nitrogens is 4. The number of aliphatic hydroxyl groups is 4. The molecule has 14 heteroatoms. The van der Waals surface area contributed by atoms with Gasteiger partial charge in [0.15, 0.2) is 11.5 Å². The van der Waals surface area contributed by atoms with Crippen molar-refractivity contribution in [2.75, 3.05) is 12.4 Å². The van der Waals surface area contributed by atoms with Crippen LogP contribution in [0.2, 0.25) is 0 Å². The average Bonchev–Trinajstić information content (AvgIpc) is 2.78. The number of benzene rings is 1. The van der Waals surface area contributed by atoms with Gasteiger partial charge in [0.05, 0.1) is 24.2 Å². The SMILES string of the molecule is Cc1cc2nc3c(=O)[nH]c(=O)nc-3n(C[C@H](O)[C@H](O)[C@H](O)CO)c2cc1CSC[C@@H](N)C(=O)O. The minimum atomic E-state index is -1.72. The molecule has 0 bridgehead atoms. The van der Waals surface area contributed by atoms with E-state index in [2.05, 4.69) is 9.97 Å². The quantitative estimate of drug-likeness (QED) is 0.146. The molecule has 0 aromatic heterocycles. The number of aromatic amines is 1. The number of rotatable bonds is 10. The van der Waals surface area contributed by atoms with Crippen molar-refractivity contribution in [3.63, 3.8) is 0 Å². The number of nitrogens with two attached hydrogens (primary N) is 1. The Labute approximate surface area is 196 Å². The molecule has 0 spiro atoms. The fourth-order valence-corrected chi connectivity index (χ4v) is 4.40. The molecule has 0 saturated carbocycles. The van der Waals surface area contributed by atoms with E-state index in [4.69, 9.17) is 15.9 Å². The molecule has 2 aliphatic rings. The summed E-state index contributed by atoms with van der Waals surface area (Å²) in [4.78, 5) is 45.4. The fraction of sp³-hybridized carbons (Fsp3) is 0.450. The Balaban J connectivity index is 2.12. The third kappa shape index (κ3) is 5.43. The largest absolute Gasteiger partial charge is 0.480 e. The maximum absolute atomic E-state index is 12.4. The number of thioether (sulfide) groups is 1. The van der Waals surface area contributed by atoms with Gasteiger partial charge < -0.3 is 35.8 Å². The maximum atomic E-state index is 12.4. The van der Waals surface area contributed by atoms with Gasteiger partial charge in [-0.1, -0.05) is 0 Å². The van der Waals surface area contributed by atoms with Crippen LogP contribution in [0.1, 0.15) is 11.1 Å². The lowest BCUT2D eigenvalue weighted by molar-refractivity contribution is -0.137. The highest BCUT2D eigenvalue weighted by atomic mass is 32.2. The fourth-order valence-electron chi connectivity index (χ4n) is 3.36. The second-order valence-electron chi connectivity index (χ2n) is 7.80. The van der Waals surface area contributed by atoms with Crippen LogP contribution in [0.5, 0.6) is 0 Å². The second kappa shape index (κ2) is 10.6. The molecule has 1 aromatic carbocycles. The Morgan fingerprint density at radius 1 is 1.21 bits per heavy atom. The monoisotopic (exact) mass is 495 g/mol. The second-order valence-corrected chi connectivity index (χ2v) is 8.83. The van der Waals surface area contributed by atoms with Crippen LogP contribution in [0.4, 0.5) is 0 Å². The number of carbonyl (C=O) groups is 1. The molecular weight excluding hydrogens is 470 g/mol. The molecule has 0 unspecified atom stereocenters. The number of fused-ring (bicyclic) bond motifs is 2. The first kappa shape index (κ1) is 25.7. The number of aliphatic carboxylic acids is 1. The number of nitrogens with zero attached hydrogens (tertiary/aromatic N) is 3. The van der Waals surface area contributed by atoms with Crippen LogP contribution in [0.3, 0.4) is 0 Å². The molecule has 0 saturated heterocycles. The van der Waals surface area contributed by atoms with E-state index in [9.17, 15) is 29.7 Å². The molecule has 0 radical (unpaired) electrons. The van der Waals surface area contributed by atoms with E-state index in [0.717, 1.165) is 11.1 Å². The van der Waals surface area contributed by atoms with Crippen LogP contribution < -0.4 is 17.0 Å². The highest BCUT2D eigenvalue weighted by Gasteiger charge is 2.27. The van der Waals surface area contributed by atoms with Gasteiger partial charge >= 0.3 is 11.7 Å². The van der Waals surface area contributed by atoms with Gasteiger partial charge in [-0.3, -0.25) is 14.6 Å². The number of nitrogens with one attached hydrogen (secondary N) is 1. The summed E-state index contributed by atoms with van der Waals surface area (Å²) in [7, 11) is 0. The van der Waals surface area contributed by atoms with Crippen molar-refractivity contribution in [3.8, 4) is 11.5 Å². The number of H-pyrrole nitrogens is 1. The van der Waals surface area contributed by atoms with Gasteiger partial charge in [0.1, 0.15) is 24.4 Å². The molecule has 2 aliphatic heterocycles. The first-order valence-electron chi connectivity index (χ1n) is 10.2. The molecule has 3 rings (SSSR count). The molecule has 2 heterocycles. The van der Waals surface area contributed by atoms with Crippen LogP contribution in [-0.4, -0.2) is 87.7 Å². The highest BCUT2D eigenvalue weighted by Crippen LogP contribution is 2.27. The summed E-state index contributed by atoms with van der Waals surface area (Å²) in [6, 6.07) is 2.36. The average molecular weight is 496 g/mol. The smallest absolute Gasteiger partial charge is 0.349 e. The normalized spacial score (nSPS) is 15.4. The Kier molecular flexibility index (Phi) is 8.01. The molecule has 13 nitrogen and oxygen atoms in total. The summed E-state index contributed by atoms with van der Waals surface area (Å²) in [5.74, 6) is -0.687. The predicted molar refractivity (Wildman–Crippen MR) is 123 cm³/mol. The summed E-state index contributed by atoms with van der Waals surface area (Å²) in [6.45, 7) is 0.633. The zero-order chi connectivity index (χ0) is 25.2. The lowest BCUT2D eigenvalue weighted by Crippen LogP contribution is -2.42. The van der Waals surface area contributed by atoms with E-state index in [1.54, 1.807) is 12.1 Å². The van der Waals surface area contributed by atoms with Crippen molar-refractivity contribution >= 4 is 28.8 Å². The highest BCUT2D eigenvalue weighted by molar-refractivity contribution is 7.98. The van der Waals surface area contributed by atoms with Crippen LogP contribution in [0.15, 0.2) is 21.7 Å². The standard InChI is InChI=1S/C20H25N5O8S/c1-8-2-11-12(3-9(8)6-34-7-10(21)19(31)32)25(4-13(27)16(29)14(28)5-26)17-15(22-11)18(30)24-20(33)23-17/h2-3,10,13-14,16,26-29H,4-7,21H2,1H3,(H,31,32)(H,24,30,33)/t10-,13+,14-,16+/m1/s1. The van der Waals surface area contributed by atoms with E-state index in [-0.39, 0.29) is 23.8 Å². The molecular formula is C20H25N5O8S. The first-order chi connectivity index (χ1) is 16.0. The van der Waals surface area contributed by atoms with Crippen molar-refractivity contribution in [3.05, 3.63) is 44.1 Å². The number of aliphatic hydroxyl groups excluding tert-OH is 4. The van der Waals surface area contributed by atoms with E-state index in [1.165, 1.54) is 16.3 Å². The molecule has 4 atom stereocenters. The molecule has 1 aromatic rings. The molecule has 0 amide bonds. The van der Waals surface area contributed by atoms with Gasteiger partial charge in [0.25, 0.3) is 5.56 Å². The predicted octanol–water partition coefficient (Wildman–Crippen LogP) is -2.39. The first-order valence-corrected chi connectivity index (χ1v) is 11.3. The van der Waals surface area contributed by atoms with E-state index < -0.39 is 48.2 Å². The number of hydrogen-bond donors (Lipinski definition) is 7. The molecule has 34 heavy (non-hydrogen) atoms. The lowest BCUT2D eigenvalue weighted by atomic mass is 10.1. The molecule has 0 aliphatic carbocycles. The van der Waals surface area contributed by atoms with Crippen molar-refractivity contribution in [1.29, 1.82) is 0 Å². The van der Waals surface area contributed by atoms with Gasteiger partial charge in [-0.05, 0) is 30.2 Å². The van der Waals surface area contributed by atoms with Gasteiger partial charge in [-0.25, -0.2) is 9.78 Å². The maximum Gasteiger partial charge on any atom is 0.349 e. The zero-order valence-corrected chi connectivity index (χ0v) is 18.9. The topological polar surface area (TPSA) is 225 Å². The Hall–Kier alpha value is -2.88. The van der Waals surface area contributed by atoms with Crippen molar-refractivity contribution < 1.29 is 30.3 Å². The van der Waals surface area contributed by atoms with Crippen LogP contribution >= 0.6 is 11.8 Å². The summed E-state index contributed by atoms with van der Waals surface area (Å²) < 4.78 is 1.34. The summed E-state index contributed by atoms with van der Waals surface area (Å²) >= 11 is 1.30. The Morgan fingerprint density at radius 3 is 2.56 bits per heavy atom. The van der Waals surface area contributed by atoms with Crippen molar-refractivity contribution in [2.45, 2.75) is 43.6 Å². The number of aryl methyl sites for hydroxylation is 1. The Bertz CT molecular complexity index is 1280. The molecule has 0 fully saturated rings. The van der Waals surface area contributed by atoms with Crippen LogP contribution in [0.25, 0.3) is 22.6 Å². The zero-order valence-electron chi connectivity index (χ0n) is 18.1. The van der Waals surface area contributed by atoms with E-state index >= 15 is 0 Å². The van der Waals surface area contributed by atoms with Gasteiger partial charge in [-0.15, -0.1) is 0 Å². The van der Waals surface area contributed by atoms with Crippen LogP contribution in [0, 0.1) is 6.92 Å². The third-order valence-electron chi connectivity index (χ3n) is 5.28. The van der Waals surface area contributed by atoms with Gasteiger partial charge in [0.2, 0.25) is 0 Å². The Morgan fingerprint density at radius 2 is 1.91 bits per heavy atom. The third-order valence-corrected chi connectivity index (χ3v) is 6.39. The van der Waals surface area contributed by atoms with Gasteiger partial charge in [-0.2, -0.15) is 16.7 Å². The summed E-state index contributed by atoms with van der Waals surface area (Å²) in [5.41, 5.74) is 5.97. The van der Waals surface area contributed by atoms with Crippen LogP contribution in [-0.2, 0) is 17.1 Å². The summed E-state index contributed by atoms with van der Waals surface area (Å²) in [5, 5.41) is 48.3. The van der Waals surface area contributed by atoms with Crippen molar-refractivity contribution in [1.82, 2.24) is 19.5 Å². The minimum absolute atomic E-state index is 0.138. The van der Waals surface area contributed by atoms with Gasteiger partial charge in [0, 0.05) is 11.5 Å². The molecule has 184 valence electrons. The number of carboxylic acids is 1. The van der Waals surface area contributed by atoms with E-state index in [1.807, 2.05) is 11.9 Å².